The van der Waals surface area contributed by atoms with Crippen LogP contribution < -0.4 is 10.6 Å². The Morgan fingerprint density at radius 2 is 2.00 bits per heavy atom. The molecule has 2 rings (SSSR count). The van der Waals surface area contributed by atoms with E-state index < -0.39 is 5.92 Å². The van der Waals surface area contributed by atoms with E-state index in [1.54, 1.807) is 6.07 Å². The van der Waals surface area contributed by atoms with Gasteiger partial charge in [-0.05, 0) is 24.5 Å². The molecule has 0 radical (unpaired) electrons. The van der Waals surface area contributed by atoms with Gasteiger partial charge in [0.25, 0.3) is 0 Å². The molecule has 1 saturated heterocycles. The molecule has 1 aliphatic rings. The minimum atomic E-state index is -0.404. The van der Waals surface area contributed by atoms with Gasteiger partial charge in [-0.15, -0.1) is 0 Å². The highest BCUT2D eigenvalue weighted by atomic mass is 16.2. The first-order chi connectivity index (χ1) is 11.1. The predicted molar refractivity (Wildman–Crippen MR) is 91.5 cm³/mol. The molecule has 0 aromatic heterocycles. The Kier molecular flexibility index (Phi) is 7.45. The lowest BCUT2D eigenvalue weighted by Gasteiger charge is -2.21. The first-order valence-corrected chi connectivity index (χ1v) is 8.23. The topological polar surface area (TPSA) is 75.3 Å². The minimum Gasteiger partial charge on any atom is -0.388 e. The normalized spacial score (nSPS) is 17.0. The number of imide groups is 1. The molecule has 2 amide bonds. The van der Waals surface area contributed by atoms with Crippen molar-refractivity contribution in [2.75, 3.05) is 12.4 Å². The van der Waals surface area contributed by atoms with Crippen molar-refractivity contribution in [2.45, 2.75) is 46.5 Å². The van der Waals surface area contributed by atoms with Crippen molar-refractivity contribution in [3.8, 4) is 0 Å². The summed E-state index contributed by atoms with van der Waals surface area (Å²) < 4.78 is 0. The summed E-state index contributed by atoms with van der Waals surface area (Å²) in [5, 5.41) is 5.38. The number of amides is 2. The Bertz CT molecular complexity index is 582. The molecular formula is C18H26N2O3. The molecule has 1 fully saturated rings. The van der Waals surface area contributed by atoms with Crippen molar-refractivity contribution >= 4 is 23.3 Å². The van der Waals surface area contributed by atoms with E-state index >= 15 is 0 Å². The van der Waals surface area contributed by atoms with E-state index in [1.807, 2.05) is 40.0 Å². The zero-order valence-corrected chi connectivity index (χ0v) is 14.4. The van der Waals surface area contributed by atoms with E-state index in [0.717, 1.165) is 17.7 Å². The minimum absolute atomic E-state index is 0.0431. The van der Waals surface area contributed by atoms with Crippen molar-refractivity contribution in [3.05, 3.63) is 29.3 Å². The quantitative estimate of drug-likeness (QED) is 0.646. The van der Waals surface area contributed by atoms with Crippen LogP contribution in [-0.2, 0) is 16.0 Å². The number of hydrogen-bond donors (Lipinski definition) is 2. The zero-order chi connectivity index (χ0) is 17.4. The van der Waals surface area contributed by atoms with Crippen LogP contribution in [-0.4, -0.2) is 24.6 Å². The van der Waals surface area contributed by atoms with Gasteiger partial charge in [0, 0.05) is 37.1 Å². The average molecular weight is 318 g/mol. The number of ketones is 1. The summed E-state index contributed by atoms with van der Waals surface area (Å²) in [6.45, 7) is 6.00. The lowest BCUT2D eigenvalue weighted by atomic mass is 9.89. The van der Waals surface area contributed by atoms with Crippen LogP contribution in [0.3, 0.4) is 0 Å². The second kappa shape index (κ2) is 9.08. The number of hydrogen-bond acceptors (Lipinski definition) is 4. The summed E-state index contributed by atoms with van der Waals surface area (Å²) in [6.07, 6.45) is 1.65. The Morgan fingerprint density at radius 1 is 1.30 bits per heavy atom. The molecule has 1 unspecified atom stereocenters. The summed E-state index contributed by atoms with van der Waals surface area (Å²) in [7, 11) is 1.82. The molecule has 1 aromatic carbocycles. The highest BCUT2D eigenvalue weighted by Gasteiger charge is 2.29. The second-order valence-corrected chi connectivity index (χ2v) is 5.21. The Labute approximate surface area is 137 Å². The van der Waals surface area contributed by atoms with Gasteiger partial charge >= 0.3 is 0 Å². The highest BCUT2D eigenvalue weighted by molar-refractivity contribution is 6.04. The maximum Gasteiger partial charge on any atom is 0.230 e. The van der Waals surface area contributed by atoms with E-state index in [0.29, 0.717) is 18.4 Å². The SMILES string of the molecule is CC.CCc1c(NC)cccc1C(=O)CC1CCC(=O)NC1=O. The largest absolute Gasteiger partial charge is 0.388 e. The van der Waals surface area contributed by atoms with Gasteiger partial charge in [-0.1, -0.05) is 32.9 Å². The predicted octanol–water partition coefficient (Wildman–Crippen LogP) is 2.94. The zero-order valence-electron chi connectivity index (χ0n) is 14.4. The average Bonchev–Trinajstić information content (AvgIpc) is 2.58. The van der Waals surface area contributed by atoms with Crippen molar-refractivity contribution in [1.82, 2.24) is 5.32 Å². The summed E-state index contributed by atoms with van der Waals surface area (Å²) in [5.74, 6) is -1.03. The number of nitrogens with one attached hydrogen (secondary N) is 2. The molecule has 1 aliphatic heterocycles. The number of carbonyl (C=O) groups is 3. The first kappa shape index (κ1) is 18.9. The van der Waals surface area contributed by atoms with Crippen LogP contribution in [0, 0.1) is 5.92 Å². The van der Waals surface area contributed by atoms with E-state index in [4.69, 9.17) is 0 Å². The van der Waals surface area contributed by atoms with Crippen LogP contribution in [0.25, 0.3) is 0 Å². The van der Waals surface area contributed by atoms with Gasteiger partial charge in [-0.3, -0.25) is 19.7 Å². The molecule has 23 heavy (non-hydrogen) atoms. The fourth-order valence-electron chi connectivity index (χ4n) is 2.73. The molecule has 2 N–H and O–H groups in total. The van der Waals surface area contributed by atoms with Gasteiger partial charge < -0.3 is 5.32 Å². The van der Waals surface area contributed by atoms with Crippen molar-refractivity contribution < 1.29 is 14.4 Å². The van der Waals surface area contributed by atoms with Crippen molar-refractivity contribution in [1.29, 1.82) is 0 Å². The second-order valence-electron chi connectivity index (χ2n) is 5.21. The number of anilines is 1. The number of Topliss-reactive ketones (excluding diaryl/α,β-unsaturated/α-hetero) is 1. The Hall–Kier alpha value is -2.17. The van der Waals surface area contributed by atoms with Gasteiger partial charge in [-0.25, -0.2) is 0 Å². The van der Waals surface area contributed by atoms with E-state index in [9.17, 15) is 14.4 Å². The van der Waals surface area contributed by atoms with Gasteiger partial charge in [0.05, 0.1) is 0 Å². The van der Waals surface area contributed by atoms with E-state index in [1.165, 1.54) is 0 Å². The molecule has 5 heteroatoms. The van der Waals surface area contributed by atoms with Crippen molar-refractivity contribution in [2.24, 2.45) is 5.92 Å². The maximum atomic E-state index is 12.5. The summed E-state index contributed by atoms with van der Waals surface area (Å²) in [4.78, 5) is 35.4. The summed E-state index contributed by atoms with van der Waals surface area (Å²) >= 11 is 0. The van der Waals surface area contributed by atoms with Gasteiger partial charge in [-0.2, -0.15) is 0 Å². The van der Waals surface area contributed by atoms with E-state index in [-0.39, 0.29) is 24.0 Å². The van der Waals surface area contributed by atoms with Crippen LogP contribution in [0.1, 0.15) is 56.0 Å². The Balaban J connectivity index is 0.00000127. The molecule has 1 atom stereocenters. The third-order valence-electron chi connectivity index (χ3n) is 3.88. The molecule has 126 valence electrons. The maximum absolute atomic E-state index is 12.5. The van der Waals surface area contributed by atoms with Crippen LogP contribution >= 0.6 is 0 Å². The fourth-order valence-corrected chi connectivity index (χ4v) is 2.73. The molecule has 0 spiro atoms. The van der Waals surface area contributed by atoms with Crippen molar-refractivity contribution in [3.63, 3.8) is 0 Å². The molecule has 5 nitrogen and oxygen atoms in total. The monoisotopic (exact) mass is 318 g/mol. The van der Waals surface area contributed by atoms with Crippen LogP contribution in [0.4, 0.5) is 5.69 Å². The molecule has 0 bridgehead atoms. The lowest BCUT2D eigenvalue weighted by molar-refractivity contribution is -0.136. The van der Waals surface area contributed by atoms with Crippen LogP contribution in [0.5, 0.6) is 0 Å². The third kappa shape index (κ3) is 4.65. The molecule has 0 saturated carbocycles. The molecule has 1 aromatic rings. The standard InChI is InChI=1S/C16H20N2O3.C2H6/c1-3-11-12(5-4-6-13(11)17-2)14(19)9-10-7-8-15(20)18-16(10)21;1-2/h4-6,10,17H,3,7-9H2,1-2H3,(H,18,20,21);1-2H3. The molecule has 1 heterocycles. The summed E-state index contributed by atoms with van der Waals surface area (Å²) in [5.41, 5.74) is 2.57. The smallest absolute Gasteiger partial charge is 0.230 e. The third-order valence-corrected chi connectivity index (χ3v) is 3.88. The van der Waals surface area contributed by atoms with Crippen LogP contribution in [0.2, 0.25) is 0 Å². The lowest BCUT2D eigenvalue weighted by Crippen LogP contribution is -2.41. The fraction of sp³-hybridized carbons (Fsp3) is 0.500. The highest BCUT2D eigenvalue weighted by Crippen LogP contribution is 2.25. The van der Waals surface area contributed by atoms with Gasteiger partial charge in [0.1, 0.15) is 0 Å². The van der Waals surface area contributed by atoms with Gasteiger partial charge in [0.15, 0.2) is 5.78 Å². The van der Waals surface area contributed by atoms with E-state index in [2.05, 4.69) is 10.6 Å². The van der Waals surface area contributed by atoms with Gasteiger partial charge in [0.2, 0.25) is 11.8 Å². The molecular weight excluding hydrogens is 292 g/mol. The van der Waals surface area contributed by atoms with Crippen LogP contribution in [0.15, 0.2) is 18.2 Å². The molecule has 0 aliphatic carbocycles. The first-order valence-electron chi connectivity index (χ1n) is 8.23. The number of carbonyl (C=O) groups excluding carboxylic acids is 3. The number of rotatable bonds is 5. The Morgan fingerprint density at radius 3 is 2.57 bits per heavy atom. The number of piperidine rings is 1. The number of benzene rings is 1. The summed E-state index contributed by atoms with van der Waals surface area (Å²) in [6, 6.07) is 5.57.